The van der Waals surface area contributed by atoms with E-state index in [-0.39, 0.29) is 6.54 Å². The molecule has 0 aromatic heterocycles. The van der Waals surface area contributed by atoms with Crippen LogP contribution in [0.3, 0.4) is 0 Å². The van der Waals surface area contributed by atoms with E-state index in [1.807, 2.05) is 6.08 Å². The summed E-state index contributed by atoms with van der Waals surface area (Å²) in [5.74, 6) is -3.81. The average molecular weight is 512 g/mol. The standard InChI is InChI=1S/C29H53NO6/c1-2-3-4-5-6-7-8-9-10-11-12-13-14-15-16-17-18-19-20-21-22-23-30(24-27(31)32,25-28(33)34)26-29(35)36/h2H,1,3-26H2,(H2-,31,32,33,34,35,36). The number of carboxylic acid groups (broad SMARTS) is 3. The number of quaternary nitrogens is 1. The van der Waals surface area contributed by atoms with Crippen molar-refractivity contribution < 1.29 is 34.2 Å². The Balaban J connectivity index is 3.63. The molecule has 0 aromatic rings. The normalized spacial score (nSPS) is 11.4. The first-order chi connectivity index (χ1) is 17.3. The van der Waals surface area contributed by atoms with Gasteiger partial charge in [0, 0.05) is 0 Å². The van der Waals surface area contributed by atoms with Gasteiger partial charge in [0.15, 0.2) is 13.1 Å². The van der Waals surface area contributed by atoms with E-state index in [0.717, 1.165) is 25.7 Å². The van der Waals surface area contributed by atoms with Crippen LogP contribution in [0.2, 0.25) is 0 Å². The highest BCUT2D eigenvalue weighted by molar-refractivity contribution is 5.72. The molecule has 0 amide bonds. The van der Waals surface area contributed by atoms with Gasteiger partial charge >= 0.3 is 11.9 Å². The Bertz CT molecular complexity index is 552. The number of carbonyl (C=O) groups excluding carboxylic acids is 1. The molecule has 0 radical (unpaired) electrons. The first kappa shape index (κ1) is 34.1. The molecule has 7 nitrogen and oxygen atoms in total. The molecule has 210 valence electrons. The topological polar surface area (TPSA) is 115 Å². The SMILES string of the molecule is C=CCCCCCCCCCCCCCCCCCCCCC[N+](CC(=O)[O-])(CC(=O)O)CC(=O)O. The van der Waals surface area contributed by atoms with Crippen molar-refractivity contribution in [1.82, 2.24) is 0 Å². The fourth-order valence-corrected chi connectivity index (χ4v) is 4.99. The number of unbranched alkanes of at least 4 members (excludes halogenated alkanes) is 19. The molecule has 7 heteroatoms. The highest BCUT2D eigenvalue weighted by Gasteiger charge is 2.33. The molecule has 0 atom stereocenters. The van der Waals surface area contributed by atoms with Crippen molar-refractivity contribution in [2.45, 2.75) is 128 Å². The number of aliphatic carboxylic acids is 3. The maximum Gasteiger partial charge on any atom is 0.359 e. The van der Waals surface area contributed by atoms with Gasteiger partial charge in [-0.2, -0.15) is 0 Å². The minimum Gasteiger partial charge on any atom is -0.544 e. The molecule has 36 heavy (non-hydrogen) atoms. The van der Waals surface area contributed by atoms with Crippen LogP contribution >= 0.6 is 0 Å². The lowest BCUT2D eigenvalue weighted by Gasteiger charge is -2.36. The van der Waals surface area contributed by atoms with Crippen molar-refractivity contribution in [2.24, 2.45) is 0 Å². The van der Waals surface area contributed by atoms with E-state index in [4.69, 9.17) is 10.2 Å². The van der Waals surface area contributed by atoms with Crippen molar-refractivity contribution in [1.29, 1.82) is 0 Å². The third-order valence-electron chi connectivity index (χ3n) is 6.95. The van der Waals surface area contributed by atoms with E-state index in [0.29, 0.717) is 6.42 Å². The highest BCUT2D eigenvalue weighted by atomic mass is 16.4. The number of nitrogens with zero attached hydrogens (tertiary/aromatic N) is 1. The monoisotopic (exact) mass is 511 g/mol. The van der Waals surface area contributed by atoms with Gasteiger partial charge in [0.25, 0.3) is 0 Å². The summed E-state index contributed by atoms with van der Waals surface area (Å²) in [6.45, 7) is 2.37. The van der Waals surface area contributed by atoms with Gasteiger partial charge in [0.2, 0.25) is 0 Å². The van der Waals surface area contributed by atoms with E-state index in [9.17, 15) is 19.5 Å². The van der Waals surface area contributed by atoms with Gasteiger partial charge in [-0.15, -0.1) is 6.58 Å². The summed E-state index contributed by atoms with van der Waals surface area (Å²) >= 11 is 0. The zero-order valence-corrected chi connectivity index (χ0v) is 22.7. The molecule has 0 aliphatic carbocycles. The third-order valence-corrected chi connectivity index (χ3v) is 6.95. The maximum atomic E-state index is 11.2. The summed E-state index contributed by atoms with van der Waals surface area (Å²) < 4.78 is -0.497. The van der Waals surface area contributed by atoms with Crippen LogP contribution in [-0.4, -0.2) is 58.8 Å². The van der Waals surface area contributed by atoms with E-state index < -0.39 is 42.0 Å². The summed E-state index contributed by atoms with van der Waals surface area (Å²) in [6, 6.07) is 0. The molecular formula is C29H53NO6. The third kappa shape index (κ3) is 22.6. The summed E-state index contributed by atoms with van der Waals surface area (Å²) in [4.78, 5) is 33.4. The fraction of sp³-hybridized carbons (Fsp3) is 0.828. The Morgan fingerprint density at radius 2 is 0.861 bits per heavy atom. The average Bonchev–Trinajstić information content (AvgIpc) is 2.78. The molecule has 2 N–H and O–H groups in total. The molecule has 0 aliphatic rings. The lowest BCUT2D eigenvalue weighted by molar-refractivity contribution is -0.909. The number of hydrogen-bond donors (Lipinski definition) is 2. The van der Waals surface area contributed by atoms with Crippen molar-refractivity contribution >= 4 is 17.9 Å². The first-order valence-corrected chi connectivity index (χ1v) is 14.4. The molecule has 0 unspecified atom stereocenters. The van der Waals surface area contributed by atoms with E-state index in [2.05, 4.69) is 6.58 Å². The highest BCUT2D eigenvalue weighted by Crippen LogP contribution is 2.16. The van der Waals surface area contributed by atoms with Crippen LogP contribution in [0.4, 0.5) is 0 Å². The smallest absolute Gasteiger partial charge is 0.359 e. The maximum absolute atomic E-state index is 11.2. The summed E-state index contributed by atoms with van der Waals surface area (Å²) in [7, 11) is 0. The van der Waals surface area contributed by atoms with Gasteiger partial charge in [0.05, 0.1) is 12.5 Å². The zero-order valence-electron chi connectivity index (χ0n) is 22.7. The van der Waals surface area contributed by atoms with Crippen LogP contribution < -0.4 is 5.11 Å². The second-order valence-corrected chi connectivity index (χ2v) is 10.5. The van der Waals surface area contributed by atoms with Crippen LogP contribution in [0.1, 0.15) is 128 Å². The van der Waals surface area contributed by atoms with Crippen LogP contribution in [0, 0.1) is 0 Å². The summed E-state index contributed by atoms with van der Waals surface area (Å²) in [6.07, 6.45) is 26.7. The summed E-state index contributed by atoms with van der Waals surface area (Å²) in [5.41, 5.74) is 0. The molecule has 0 saturated carbocycles. The van der Waals surface area contributed by atoms with Gasteiger partial charge in [-0.25, -0.2) is 9.59 Å². The minimum atomic E-state index is -1.42. The Morgan fingerprint density at radius 3 is 1.14 bits per heavy atom. The minimum absolute atomic E-state index is 0.225. The van der Waals surface area contributed by atoms with Crippen LogP contribution in [-0.2, 0) is 14.4 Å². The van der Waals surface area contributed by atoms with Crippen molar-refractivity contribution in [3.8, 4) is 0 Å². The lowest BCUT2D eigenvalue weighted by Crippen LogP contribution is -2.59. The van der Waals surface area contributed by atoms with Gasteiger partial charge in [-0.1, -0.05) is 109 Å². The predicted octanol–water partition coefficient (Wildman–Crippen LogP) is 5.71. The van der Waals surface area contributed by atoms with Crippen molar-refractivity contribution in [2.75, 3.05) is 26.2 Å². The van der Waals surface area contributed by atoms with E-state index in [1.54, 1.807) is 0 Å². The van der Waals surface area contributed by atoms with Crippen LogP contribution in [0.15, 0.2) is 12.7 Å². The lowest BCUT2D eigenvalue weighted by atomic mass is 10.0. The second-order valence-electron chi connectivity index (χ2n) is 10.5. The molecule has 0 fully saturated rings. The molecule has 0 rings (SSSR count). The van der Waals surface area contributed by atoms with Crippen molar-refractivity contribution in [3.05, 3.63) is 12.7 Å². The Hall–Kier alpha value is -1.89. The Morgan fingerprint density at radius 1 is 0.556 bits per heavy atom. The quantitative estimate of drug-likeness (QED) is 0.0790. The van der Waals surface area contributed by atoms with Crippen LogP contribution in [0.5, 0.6) is 0 Å². The molecule has 0 spiro atoms. The van der Waals surface area contributed by atoms with Gasteiger partial charge < -0.3 is 24.6 Å². The number of allylic oxidation sites excluding steroid dienone is 1. The number of hydrogen-bond acceptors (Lipinski definition) is 4. The number of carboxylic acids is 3. The largest absolute Gasteiger partial charge is 0.544 e. The molecule has 0 heterocycles. The Labute approximate surface area is 219 Å². The number of carbonyl (C=O) groups is 3. The van der Waals surface area contributed by atoms with Crippen molar-refractivity contribution in [3.63, 3.8) is 0 Å². The van der Waals surface area contributed by atoms with E-state index >= 15 is 0 Å². The van der Waals surface area contributed by atoms with Gasteiger partial charge in [0.1, 0.15) is 6.54 Å². The molecule has 0 aromatic carbocycles. The van der Waals surface area contributed by atoms with Crippen LogP contribution in [0.25, 0.3) is 0 Å². The number of rotatable bonds is 28. The first-order valence-electron chi connectivity index (χ1n) is 14.4. The zero-order chi connectivity index (χ0) is 26.9. The fourth-order valence-electron chi connectivity index (χ4n) is 4.99. The summed E-state index contributed by atoms with van der Waals surface area (Å²) in [5, 5.41) is 29.3. The molecule has 0 aliphatic heterocycles. The molecule has 0 bridgehead atoms. The van der Waals surface area contributed by atoms with Gasteiger partial charge in [-0.3, -0.25) is 0 Å². The molecular weight excluding hydrogens is 458 g/mol. The second kappa shape index (κ2) is 23.5. The van der Waals surface area contributed by atoms with Gasteiger partial charge in [-0.05, 0) is 25.7 Å². The predicted molar refractivity (Wildman–Crippen MR) is 143 cm³/mol. The molecule has 0 saturated heterocycles. The van der Waals surface area contributed by atoms with E-state index in [1.165, 1.54) is 96.3 Å². The Kier molecular flexibility index (Phi) is 22.3.